The highest BCUT2D eigenvalue weighted by Crippen LogP contribution is 2.17. The highest BCUT2D eigenvalue weighted by atomic mass is 16.2. The molecule has 0 spiro atoms. The Bertz CT molecular complexity index is 273. The SMILES string of the molecule is CC(=O)NCC1CCN(C(=O)CCCCN)CC1. The molecule has 1 saturated heterocycles. The summed E-state index contributed by atoms with van der Waals surface area (Å²) >= 11 is 0. The predicted molar refractivity (Wildman–Crippen MR) is 70.9 cm³/mol. The highest BCUT2D eigenvalue weighted by molar-refractivity contribution is 5.76. The number of hydrogen-bond donors (Lipinski definition) is 2. The van der Waals surface area contributed by atoms with Gasteiger partial charge in [-0.25, -0.2) is 0 Å². The lowest BCUT2D eigenvalue weighted by Gasteiger charge is -2.32. The fourth-order valence-electron chi connectivity index (χ4n) is 2.25. The maximum atomic E-state index is 11.9. The highest BCUT2D eigenvalue weighted by Gasteiger charge is 2.22. The first-order valence-corrected chi connectivity index (χ1v) is 6.85. The average Bonchev–Trinajstić information content (AvgIpc) is 2.37. The molecule has 18 heavy (non-hydrogen) atoms. The van der Waals surface area contributed by atoms with Crippen molar-refractivity contribution in [3.05, 3.63) is 0 Å². The van der Waals surface area contributed by atoms with E-state index in [9.17, 15) is 9.59 Å². The molecule has 0 unspecified atom stereocenters. The van der Waals surface area contributed by atoms with E-state index in [0.717, 1.165) is 45.3 Å². The summed E-state index contributed by atoms with van der Waals surface area (Å²) in [7, 11) is 0. The van der Waals surface area contributed by atoms with Crippen LogP contribution in [0.15, 0.2) is 0 Å². The molecular formula is C13H25N3O2. The van der Waals surface area contributed by atoms with Crippen LogP contribution in [-0.4, -0.2) is 42.9 Å². The summed E-state index contributed by atoms with van der Waals surface area (Å²) in [6, 6.07) is 0. The number of unbranched alkanes of at least 4 members (excludes halogenated alkanes) is 1. The van der Waals surface area contributed by atoms with Crippen LogP contribution in [0.25, 0.3) is 0 Å². The molecular weight excluding hydrogens is 230 g/mol. The molecule has 0 atom stereocenters. The van der Waals surface area contributed by atoms with Crippen molar-refractivity contribution >= 4 is 11.8 Å². The zero-order valence-electron chi connectivity index (χ0n) is 11.3. The van der Waals surface area contributed by atoms with Gasteiger partial charge in [0, 0.05) is 33.0 Å². The van der Waals surface area contributed by atoms with Crippen LogP contribution in [0.2, 0.25) is 0 Å². The molecule has 0 aromatic heterocycles. The smallest absolute Gasteiger partial charge is 0.222 e. The fourth-order valence-corrected chi connectivity index (χ4v) is 2.25. The molecule has 1 aliphatic heterocycles. The van der Waals surface area contributed by atoms with Crippen molar-refractivity contribution in [3.63, 3.8) is 0 Å². The molecule has 1 fully saturated rings. The van der Waals surface area contributed by atoms with Gasteiger partial charge >= 0.3 is 0 Å². The summed E-state index contributed by atoms with van der Waals surface area (Å²) in [6.07, 6.45) is 4.41. The largest absolute Gasteiger partial charge is 0.356 e. The van der Waals surface area contributed by atoms with Gasteiger partial charge in [0.25, 0.3) is 0 Å². The summed E-state index contributed by atoms with van der Waals surface area (Å²) in [5.74, 6) is 0.790. The lowest BCUT2D eigenvalue weighted by Crippen LogP contribution is -2.41. The number of hydrogen-bond acceptors (Lipinski definition) is 3. The number of nitrogens with one attached hydrogen (secondary N) is 1. The number of likely N-dealkylation sites (tertiary alicyclic amines) is 1. The van der Waals surface area contributed by atoms with Gasteiger partial charge in [0.1, 0.15) is 0 Å². The van der Waals surface area contributed by atoms with Crippen LogP contribution in [0.4, 0.5) is 0 Å². The zero-order chi connectivity index (χ0) is 13.4. The lowest BCUT2D eigenvalue weighted by molar-refractivity contribution is -0.132. The Balaban J connectivity index is 2.17. The molecule has 0 saturated carbocycles. The van der Waals surface area contributed by atoms with Crippen molar-refractivity contribution in [1.82, 2.24) is 10.2 Å². The Hall–Kier alpha value is -1.10. The Morgan fingerprint density at radius 2 is 1.94 bits per heavy atom. The van der Waals surface area contributed by atoms with E-state index >= 15 is 0 Å². The normalized spacial score (nSPS) is 16.7. The second kappa shape index (κ2) is 8.08. The summed E-state index contributed by atoms with van der Waals surface area (Å²) < 4.78 is 0. The minimum Gasteiger partial charge on any atom is -0.356 e. The molecule has 0 bridgehead atoms. The van der Waals surface area contributed by atoms with Gasteiger partial charge in [-0.15, -0.1) is 0 Å². The maximum absolute atomic E-state index is 11.9. The second-order valence-corrected chi connectivity index (χ2v) is 5.01. The van der Waals surface area contributed by atoms with Crippen LogP contribution in [0.3, 0.4) is 0 Å². The van der Waals surface area contributed by atoms with Crippen LogP contribution in [-0.2, 0) is 9.59 Å². The molecule has 0 aromatic carbocycles. The predicted octanol–water partition coefficient (Wildman–Crippen LogP) is 0.490. The van der Waals surface area contributed by atoms with Gasteiger partial charge in [-0.3, -0.25) is 9.59 Å². The summed E-state index contributed by atoms with van der Waals surface area (Å²) in [5, 5.41) is 2.84. The number of amides is 2. The van der Waals surface area contributed by atoms with Gasteiger partial charge in [-0.2, -0.15) is 0 Å². The molecule has 1 aliphatic rings. The van der Waals surface area contributed by atoms with Crippen molar-refractivity contribution in [2.45, 2.75) is 39.0 Å². The van der Waals surface area contributed by atoms with E-state index in [1.165, 1.54) is 6.92 Å². The maximum Gasteiger partial charge on any atom is 0.222 e. The third-order valence-electron chi connectivity index (χ3n) is 3.45. The molecule has 0 aromatic rings. The van der Waals surface area contributed by atoms with E-state index in [0.29, 0.717) is 18.9 Å². The minimum atomic E-state index is 0.0234. The third kappa shape index (κ3) is 5.49. The van der Waals surface area contributed by atoms with Crippen LogP contribution in [0, 0.1) is 5.92 Å². The number of rotatable bonds is 6. The average molecular weight is 255 g/mol. The van der Waals surface area contributed by atoms with Gasteiger partial charge in [0.05, 0.1) is 0 Å². The fraction of sp³-hybridized carbons (Fsp3) is 0.846. The van der Waals surface area contributed by atoms with Gasteiger partial charge < -0.3 is 16.0 Å². The third-order valence-corrected chi connectivity index (χ3v) is 3.45. The van der Waals surface area contributed by atoms with E-state index in [1.807, 2.05) is 4.90 Å². The Morgan fingerprint density at radius 3 is 2.50 bits per heavy atom. The summed E-state index contributed by atoms with van der Waals surface area (Å²) in [4.78, 5) is 24.6. The number of piperidine rings is 1. The van der Waals surface area contributed by atoms with Crippen LogP contribution in [0.5, 0.6) is 0 Å². The van der Waals surface area contributed by atoms with Crippen molar-refractivity contribution in [2.24, 2.45) is 11.7 Å². The van der Waals surface area contributed by atoms with Crippen LogP contribution >= 0.6 is 0 Å². The molecule has 5 nitrogen and oxygen atoms in total. The quantitative estimate of drug-likeness (QED) is 0.678. The first-order chi connectivity index (χ1) is 8.63. The Kier molecular flexibility index (Phi) is 6.72. The van der Waals surface area contributed by atoms with E-state index in [-0.39, 0.29) is 11.8 Å². The van der Waals surface area contributed by atoms with Gasteiger partial charge in [-0.05, 0) is 38.1 Å². The van der Waals surface area contributed by atoms with Gasteiger partial charge in [0.15, 0.2) is 0 Å². The molecule has 1 heterocycles. The van der Waals surface area contributed by atoms with Crippen LogP contribution in [0.1, 0.15) is 39.0 Å². The van der Waals surface area contributed by atoms with Crippen molar-refractivity contribution in [1.29, 1.82) is 0 Å². The number of nitrogens with zero attached hydrogens (tertiary/aromatic N) is 1. The minimum absolute atomic E-state index is 0.0234. The Labute approximate surface area is 109 Å². The first kappa shape index (κ1) is 15.0. The first-order valence-electron chi connectivity index (χ1n) is 6.85. The van der Waals surface area contributed by atoms with E-state index in [2.05, 4.69) is 5.32 Å². The Morgan fingerprint density at radius 1 is 1.28 bits per heavy atom. The molecule has 104 valence electrons. The number of carbonyl (C=O) groups excluding carboxylic acids is 2. The van der Waals surface area contributed by atoms with Crippen LogP contribution < -0.4 is 11.1 Å². The lowest BCUT2D eigenvalue weighted by atomic mass is 9.96. The monoisotopic (exact) mass is 255 g/mol. The van der Waals surface area contributed by atoms with Crippen molar-refractivity contribution < 1.29 is 9.59 Å². The van der Waals surface area contributed by atoms with Gasteiger partial charge in [0.2, 0.25) is 11.8 Å². The molecule has 2 amide bonds. The van der Waals surface area contributed by atoms with Gasteiger partial charge in [-0.1, -0.05) is 0 Å². The summed E-state index contributed by atoms with van der Waals surface area (Å²) in [5.41, 5.74) is 5.41. The standard InChI is InChI=1S/C13H25N3O2/c1-11(17)15-10-12-5-8-16(9-6-12)13(18)4-2-3-7-14/h12H,2-10,14H2,1H3,(H,15,17). The zero-order valence-corrected chi connectivity index (χ0v) is 11.3. The van der Waals surface area contributed by atoms with E-state index in [1.54, 1.807) is 0 Å². The molecule has 0 aliphatic carbocycles. The number of carbonyl (C=O) groups is 2. The molecule has 5 heteroatoms. The topological polar surface area (TPSA) is 75.4 Å². The summed E-state index contributed by atoms with van der Waals surface area (Å²) in [6.45, 7) is 4.59. The van der Waals surface area contributed by atoms with E-state index in [4.69, 9.17) is 5.73 Å². The molecule has 1 rings (SSSR count). The van der Waals surface area contributed by atoms with E-state index < -0.39 is 0 Å². The molecule has 0 radical (unpaired) electrons. The molecule has 3 N–H and O–H groups in total. The number of nitrogens with two attached hydrogens (primary N) is 1. The van der Waals surface area contributed by atoms with Crippen molar-refractivity contribution in [3.8, 4) is 0 Å². The van der Waals surface area contributed by atoms with Crippen molar-refractivity contribution in [2.75, 3.05) is 26.2 Å². The second-order valence-electron chi connectivity index (χ2n) is 5.01.